The van der Waals surface area contributed by atoms with E-state index in [0.717, 1.165) is 16.8 Å². The molecule has 0 aliphatic heterocycles. The predicted molar refractivity (Wildman–Crippen MR) is 57.8 cm³/mol. The molecule has 13 heavy (non-hydrogen) atoms. The van der Waals surface area contributed by atoms with Crippen LogP contribution in [0.5, 0.6) is 0 Å². The Morgan fingerprint density at radius 2 is 2.15 bits per heavy atom. The molecule has 0 amide bonds. The molecule has 0 aliphatic rings. The number of nitrogens with two attached hydrogens (primary N) is 1. The standard InChI is InChI=1S/C9H16BrN3/c1-6(2)9-12-8(10)7(4-5-11)13(9)3/h6H,4-5,11H2,1-3H3. The fourth-order valence-corrected chi connectivity index (χ4v) is 2.09. The van der Waals surface area contributed by atoms with Crippen LogP contribution < -0.4 is 5.73 Å². The molecule has 0 spiro atoms. The monoisotopic (exact) mass is 245 g/mol. The maximum absolute atomic E-state index is 5.52. The minimum Gasteiger partial charge on any atom is -0.334 e. The van der Waals surface area contributed by atoms with E-state index < -0.39 is 0 Å². The van der Waals surface area contributed by atoms with Crippen molar-refractivity contribution in [1.82, 2.24) is 9.55 Å². The Morgan fingerprint density at radius 1 is 1.54 bits per heavy atom. The van der Waals surface area contributed by atoms with Gasteiger partial charge < -0.3 is 10.3 Å². The molecule has 1 rings (SSSR count). The molecule has 0 saturated heterocycles. The van der Waals surface area contributed by atoms with Crippen molar-refractivity contribution < 1.29 is 0 Å². The summed E-state index contributed by atoms with van der Waals surface area (Å²) in [4.78, 5) is 4.45. The van der Waals surface area contributed by atoms with E-state index in [-0.39, 0.29) is 0 Å². The molecule has 1 heterocycles. The van der Waals surface area contributed by atoms with Gasteiger partial charge in [0.2, 0.25) is 0 Å². The number of aromatic nitrogens is 2. The smallest absolute Gasteiger partial charge is 0.127 e. The van der Waals surface area contributed by atoms with Crippen LogP contribution in [0.1, 0.15) is 31.3 Å². The Labute approximate surface area is 87.5 Å². The van der Waals surface area contributed by atoms with Crippen LogP contribution in [-0.2, 0) is 13.5 Å². The van der Waals surface area contributed by atoms with E-state index >= 15 is 0 Å². The molecular weight excluding hydrogens is 230 g/mol. The van der Waals surface area contributed by atoms with Crippen molar-refractivity contribution in [2.24, 2.45) is 12.8 Å². The zero-order valence-corrected chi connectivity index (χ0v) is 9.93. The average molecular weight is 246 g/mol. The Morgan fingerprint density at radius 3 is 2.54 bits per heavy atom. The summed E-state index contributed by atoms with van der Waals surface area (Å²) in [6.07, 6.45) is 0.872. The van der Waals surface area contributed by atoms with E-state index in [1.54, 1.807) is 0 Å². The molecule has 4 heteroatoms. The van der Waals surface area contributed by atoms with Crippen LogP contribution in [0, 0.1) is 0 Å². The fraction of sp³-hybridized carbons (Fsp3) is 0.667. The molecule has 0 unspecified atom stereocenters. The normalized spacial score (nSPS) is 11.2. The molecule has 0 bridgehead atoms. The molecule has 0 aromatic carbocycles. The van der Waals surface area contributed by atoms with E-state index in [1.165, 1.54) is 5.69 Å². The largest absolute Gasteiger partial charge is 0.334 e. The minimum atomic E-state index is 0.452. The van der Waals surface area contributed by atoms with Crippen LogP contribution in [0.4, 0.5) is 0 Å². The van der Waals surface area contributed by atoms with Crippen molar-refractivity contribution in [2.45, 2.75) is 26.2 Å². The SMILES string of the molecule is CC(C)c1nc(Br)c(CCN)n1C. The number of halogens is 1. The quantitative estimate of drug-likeness (QED) is 0.883. The molecular formula is C9H16BrN3. The van der Waals surface area contributed by atoms with Crippen molar-refractivity contribution in [3.8, 4) is 0 Å². The fourth-order valence-electron chi connectivity index (χ4n) is 1.44. The summed E-state index contributed by atoms with van der Waals surface area (Å²) in [7, 11) is 2.04. The van der Waals surface area contributed by atoms with Crippen molar-refractivity contribution in [3.05, 3.63) is 16.1 Å². The summed E-state index contributed by atoms with van der Waals surface area (Å²) in [5.74, 6) is 1.56. The molecule has 0 fully saturated rings. The zero-order chi connectivity index (χ0) is 10.0. The van der Waals surface area contributed by atoms with Crippen molar-refractivity contribution >= 4 is 15.9 Å². The summed E-state index contributed by atoms with van der Waals surface area (Å²) < 4.78 is 3.06. The molecule has 1 aromatic heterocycles. The van der Waals surface area contributed by atoms with Gasteiger partial charge in [0.05, 0.1) is 5.69 Å². The van der Waals surface area contributed by atoms with Crippen LogP contribution >= 0.6 is 15.9 Å². The number of hydrogen-bond acceptors (Lipinski definition) is 2. The molecule has 3 nitrogen and oxygen atoms in total. The van der Waals surface area contributed by atoms with Crippen molar-refractivity contribution in [3.63, 3.8) is 0 Å². The van der Waals surface area contributed by atoms with Gasteiger partial charge in [0.15, 0.2) is 0 Å². The van der Waals surface area contributed by atoms with Crippen LogP contribution in [0.2, 0.25) is 0 Å². The average Bonchev–Trinajstić information content (AvgIpc) is 2.32. The van der Waals surface area contributed by atoms with E-state index in [2.05, 4.69) is 39.3 Å². The first kappa shape index (κ1) is 10.7. The first-order valence-corrected chi connectivity index (χ1v) is 5.28. The zero-order valence-electron chi connectivity index (χ0n) is 8.34. The van der Waals surface area contributed by atoms with Gasteiger partial charge in [-0.2, -0.15) is 0 Å². The lowest BCUT2D eigenvalue weighted by Crippen LogP contribution is -2.09. The third-order valence-corrected chi connectivity index (χ3v) is 2.73. The molecule has 0 aliphatic carbocycles. The summed E-state index contributed by atoms with van der Waals surface area (Å²) in [6.45, 7) is 4.94. The van der Waals surface area contributed by atoms with Gasteiger partial charge in [-0.15, -0.1) is 0 Å². The molecule has 1 aromatic rings. The van der Waals surface area contributed by atoms with Gasteiger partial charge in [-0.3, -0.25) is 0 Å². The second-order valence-corrected chi connectivity index (χ2v) is 4.21. The first-order chi connectivity index (χ1) is 6.07. The van der Waals surface area contributed by atoms with Crippen LogP contribution in [-0.4, -0.2) is 16.1 Å². The van der Waals surface area contributed by atoms with E-state index in [9.17, 15) is 0 Å². The summed E-state index contributed by atoms with van der Waals surface area (Å²) in [5, 5.41) is 0. The van der Waals surface area contributed by atoms with Gasteiger partial charge in [-0.05, 0) is 22.5 Å². The highest BCUT2D eigenvalue weighted by atomic mass is 79.9. The Kier molecular flexibility index (Phi) is 3.50. The molecule has 0 radical (unpaired) electrons. The van der Waals surface area contributed by atoms with Gasteiger partial charge >= 0.3 is 0 Å². The highest BCUT2D eigenvalue weighted by molar-refractivity contribution is 9.10. The number of rotatable bonds is 3. The van der Waals surface area contributed by atoms with E-state index in [0.29, 0.717) is 12.5 Å². The van der Waals surface area contributed by atoms with Crippen molar-refractivity contribution in [1.29, 1.82) is 0 Å². The van der Waals surface area contributed by atoms with Gasteiger partial charge in [-0.1, -0.05) is 13.8 Å². The summed E-state index contributed by atoms with van der Waals surface area (Å²) >= 11 is 3.45. The predicted octanol–water partition coefficient (Wildman–Crippen LogP) is 1.81. The number of nitrogens with zero attached hydrogens (tertiary/aromatic N) is 2. The van der Waals surface area contributed by atoms with Crippen LogP contribution in [0.3, 0.4) is 0 Å². The number of imidazole rings is 1. The lowest BCUT2D eigenvalue weighted by Gasteiger charge is -2.06. The topological polar surface area (TPSA) is 43.8 Å². The Bertz CT molecular complexity index is 291. The Hall–Kier alpha value is -0.350. The molecule has 74 valence electrons. The lowest BCUT2D eigenvalue weighted by molar-refractivity contribution is 0.686. The van der Waals surface area contributed by atoms with E-state index in [1.807, 2.05) is 7.05 Å². The third-order valence-electron chi connectivity index (χ3n) is 2.10. The van der Waals surface area contributed by atoms with E-state index in [4.69, 9.17) is 5.73 Å². The first-order valence-electron chi connectivity index (χ1n) is 4.49. The van der Waals surface area contributed by atoms with Gasteiger partial charge in [0.1, 0.15) is 10.4 Å². The maximum atomic E-state index is 5.52. The molecule has 0 saturated carbocycles. The molecule has 0 atom stereocenters. The number of hydrogen-bond donors (Lipinski definition) is 1. The lowest BCUT2D eigenvalue weighted by atomic mass is 10.2. The Balaban J connectivity index is 3.07. The minimum absolute atomic E-state index is 0.452. The molecule has 2 N–H and O–H groups in total. The van der Waals surface area contributed by atoms with Gasteiger partial charge in [0, 0.05) is 19.4 Å². The van der Waals surface area contributed by atoms with Gasteiger partial charge in [-0.25, -0.2) is 4.98 Å². The second-order valence-electron chi connectivity index (χ2n) is 3.46. The third kappa shape index (κ3) is 2.11. The summed E-state index contributed by atoms with van der Waals surface area (Å²) in [6, 6.07) is 0. The van der Waals surface area contributed by atoms with Crippen LogP contribution in [0.25, 0.3) is 0 Å². The van der Waals surface area contributed by atoms with Crippen LogP contribution in [0.15, 0.2) is 4.60 Å². The highest BCUT2D eigenvalue weighted by Gasteiger charge is 2.13. The van der Waals surface area contributed by atoms with Crippen molar-refractivity contribution in [2.75, 3.05) is 6.54 Å². The van der Waals surface area contributed by atoms with Gasteiger partial charge in [0.25, 0.3) is 0 Å². The second kappa shape index (κ2) is 4.24. The summed E-state index contributed by atoms with van der Waals surface area (Å²) in [5.41, 5.74) is 6.71. The highest BCUT2D eigenvalue weighted by Crippen LogP contribution is 2.21. The maximum Gasteiger partial charge on any atom is 0.127 e.